The van der Waals surface area contributed by atoms with Crippen molar-refractivity contribution in [3.05, 3.63) is 48.5 Å². The van der Waals surface area contributed by atoms with E-state index in [0.29, 0.717) is 24.7 Å². The van der Waals surface area contributed by atoms with E-state index in [0.717, 1.165) is 18.8 Å². The Balaban J connectivity index is 1.63. The Morgan fingerprint density at radius 2 is 1.56 bits per heavy atom. The van der Waals surface area contributed by atoms with Crippen molar-refractivity contribution in [2.75, 3.05) is 43.0 Å². The molecule has 1 saturated heterocycles. The standard InChI is InChI=1S/C17H20N2O5S/c1-22-16-6-8-17(9-7-16)24-25(20,21)18-14-2-4-15(5-3-14)19-10-12-23-13-11-19/h2-9,18H,10-13H2,1H3. The molecule has 2 aromatic carbocycles. The van der Waals surface area contributed by atoms with Gasteiger partial charge in [-0.15, -0.1) is 0 Å². The topological polar surface area (TPSA) is 77.1 Å². The SMILES string of the molecule is COc1ccc(OS(=O)(=O)Nc2ccc(N3CCOCC3)cc2)cc1. The maximum absolute atomic E-state index is 12.1. The van der Waals surface area contributed by atoms with Crippen LogP contribution < -0.4 is 18.5 Å². The zero-order chi connectivity index (χ0) is 17.7. The fraction of sp³-hybridized carbons (Fsp3) is 0.294. The van der Waals surface area contributed by atoms with E-state index in [2.05, 4.69) is 9.62 Å². The van der Waals surface area contributed by atoms with Gasteiger partial charge in [-0.3, -0.25) is 4.72 Å². The van der Waals surface area contributed by atoms with Gasteiger partial charge in [0.05, 0.1) is 26.0 Å². The van der Waals surface area contributed by atoms with E-state index < -0.39 is 10.3 Å². The highest BCUT2D eigenvalue weighted by Gasteiger charge is 2.14. The summed E-state index contributed by atoms with van der Waals surface area (Å²) in [6, 6.07) is 13.5. The molecular formula is C17H20N2O5S. The number of morpholine rings is 1. The molecule has 7 nitrogen and oxygen atoms in total. The van der Waals surface area contributed by atoms with Crippen molar-refractivity contribution in [1.82, 2.24) is 0 Å². The average Bonchev–Trinajstić information content (AvgIpc) is 2.63. The molecule has 0 spiro atoms. The van der Waals surface area contributed by atoms with Crippen molar-refractivity contribution in [3.8, 4) is 11.5 Å². The third-order valence-corrected chi connectivity index (χ3v) is 4.65. The Kier molecular flexibility index (Phi) is 5.30. The maximum atomic E-state index is 12.1. The van der Waals surface area contributed by atoms with E-state index >= 15 is 0 Å². The Labute approximate surface area is 147 Å². The van der Waals surface area contributed by atoms with Crippen LogP contribution in [-0.4, -0.2) is 41.8 Å². The minimum Gasteiger partial charge on any atom is -0.497 e. The fourth-order valence-electron chi connectivity index (χ4n) is 2.48. The Bertz CT molecular complexity index is 785. The highest BCUT2D eigenvalue weighted by Crippen LogP contribution is 2.22. The molecule has 1 heterocycles. The normalized spacial score (nSPS) is 14.8. The van der Waals surface area contributed by atoms with Gasteiger partial charge in [0.1, 0.15) is 11.5 Å². The number of hydrogen-bond donors (Lipinski definition) is 1. The summed E-state index contributed by atoms with van der Waals surface area (Å²) < 4.78 is 42.0. The summed E-state index contributed by atoms with van der Waals surface area (Å²) in [5.74, 6) is 0.828. The van der Waals surface area contributed by atoms with Gasteiger partial charge >= 0.3 is 10.3 Å². The number of benzene rings is 2. The van der Waals surface area contributed by atoms with Crippen molar-refractivity contribution < 1.29 is 22.1 Å². The molecule has 0 amide bonds. The lowest BCUT2D eigenvalue weighted by Gasteiger charge is -2.28. The van der Waals surface area contributed by atoms with Crippen LogP contribution >= 0.6 is 0 Å². The highest BCUT2D eigenvalue weighted by molar-refractivity contribution is 7.88. The van der Waals surface area contributed by atoms with Crippen LogP contribution in [0.3, 0.4) is 0 Å². The lowest BCUT2D eigenvalue weighted by molar-refractivity contribution is 0.122. The van der Waals surface area contributed by atoms with E-state index in [4.69, 9.17) is 13.7 Å². The first kappa shape index (κ1) is 17.4. The zero-order valence-electron chi connectivity index (χ0n) is 13.8. The van der Waals surface area contributed by atoms with E-state index in [1.165, 1.54) is 19.2 Å². The number of methoxy groups -OCH3 is 1. The molecule has 134 valence electrons. The van der Waals surface area contributed by atoms with Crippen LogP contribution in [0.15, 0.2) is 48.5 Å². The van der Waals surface area contributed by atoms with Gasteiger partial charge in [0.2, 0.25) is 0 Å². The quantitative estimate of drug-likeness (QED) is 0.847. The number of anilines is 2. The number of nitrogens with zero attached hydrogens (tertiary/aromatic N) is 1. The first-order valence-corrected chi connectivity index (χ1v) is 9.26. The van der Waals surface area contributed by atoms with Crippen LogP contribution in [-0.2, 0) is 15.0 Å². The molecule has 2 aromatic rings. The fourth-order valence-corrected chi connectivity index (χ4v) is 3.32. The molecule has 0 saturated carbocycles. The number of hydrogen-bond acceptors (Lipinski definition) is 6. The van der Waals surface area contributed by atoms with Gasteiger partial charge in [0, 0.05) is 18.8 Å². The second kappa shape index (κ2) is 7.62. The summed E-state index contributed by atoms with van der Waals surface area (Å²) in [7, 11) is -2.43. The van der Waals surface area contributed by atoms with Gasteiger partial charge in [-0.25, -0.2) is 0 Å². The number of nitrogens with one attached hydrogen (secondary N) is 1. The molecule has 1 aliphatic heterocycles. The van der Waals surface area contributed by atoms with Crippen molar-refractivity contribution in [1.29, 1.82) is 0 Å². The second-order valence-electron chi connectivity index (χ2n) is 5.46. The average molecular weight is 364 g/mol. The first-order chi connectivity index (χ1) is 12.1. The molecule has 0 aromatic heterocycles. The van der Waals surface area contributed by atoms with Crippen molar-refractivity contribution in [3.63, 3.8) is 0 Å². The molecule has 1 aliphatic rings. The van der Waals surface area contributed by atoms with Crippen LogP contribution in [0.4, 0.5) is 11.4 Å². The van der Waals surface area contributed by atoms with E-state index in [-0.39, 0.29) is 5.75 Å². The lowest BCUT2D eigenvalue weighted by atomic mass is 10.2. The Morgan fingerprint density at radius 1 is 0.960 bits per heavy atom. The smallest absolute Gasteiger partial charge is 0.407 e. The minimum absolute atomic E-state index is 0.207. The Hall–Kier alpha value is -2.45. The van der Waals surface area contributed by atoms with E-state index in [1.807, 2.05) is 12.1 Å². The van der Waals surface area contributed by atoms with Gasteiger partial charge < -0.3 is 18.6 Å². The maximum Gasteiger partial charge on any atom is 0.407 e. The summed E-state index contributed by atoms with van der Waals surface area (Å²) in [4.78, 5) is 2.19. The molecule has 3 rings (SSSR count). The van der Waals surface area contributed by atoms with Crippen molar-refractivity contribution >= 4 is 21.7 Å². The van der Waals surface area contributed by atoms with Gasteiger partial charge in [0.25, 0.3) is 0 Å². The summed E-state index contributed by atoms with van der Waals surface area (Å²) in [5, 5.41) is 0. The predicted octanol–water partition coefficient (Wildman–Crippen LogP) is 2.27. The molecule has 0 unspecified atom stereocenters. The molecule has 1 fully saturated rings. The largest absolute Gasteiger partial charge is 0.497 e. The monoisotopic (exact) mass is 364 g/mol. The molecule has 8 heteroatoms. The number of ether oxygens (including phenoxy) is 2. The predicted molar refractivity (Wildman–Crippen MR) is 95.6 cm³/mol. The van der Waals surface area contributed by atoms with Gasteiger partial charge in [0.15, 0.2) is 0 Å². The van der Waals surface area contributed by atoms with Crippen LogP contribution in [0.5, 0.6) is 11.5 Å². The second-order valence-corrected chi connectivity index (χ2v) is 6.74. The van der Waals surface area contributed by atoms with Gasteiger partial charge in [-0.05, 0) is 48.5 Å². The molecular weight excluding hydrogens is 344 g/mol. The molecule has 0 bridgehead atoms. The van der Waals surface area contributed by atoms with Crippen LogP contribution in [0.2, 0.25) is 0 Å². The molecule has 1 N–H and O–H groups in total. The van der Waals surface area contributed by atoms with Crippen LogP contribution in [0, 0.1) is 0 Å². The lowest BCUT2D eigenvalue weighted by Crippen LogP contribution is -2.36. The van der Waals surface area contributed by atoms with Gasteiger partial charge in [-0.1, -0.05) is 0 Å². The molecule has 0 radical (unpaired) electrons. The molecule has 0 aliphatic carbocycles. The van der Waals surface area contributed by atoms with Gasteiger partial charge in [-0.2, -0.15) is 8.42 Å². The molecule has 25 heavy (non-hydrogen) atoms. The highest BCUT2D eigenvalue weighted by atomic mass is 32.2. The van der Waals surface area contributed by atoms with Crippen LogP contribution in [0.25, 0.3) is 0 Å². The van der Waals surface area contributed by atoms with E-state index in [9.17, 15) is 8.42 Å². The third-order valence-electron chi connectivity index (χ3n) is 3.75. The molecule has 0 atom stereocenters. The van der Waals surface area contributed by atoms with Crippen molar-refractivity contribution in [2.45, 2.75) is 0 Å². The zero-order valence-corrected chi connectivity index (χ0v) is 14.7. The third kappa shape index (κ3) is 4.77. The summed E-state index contributed by atoms with van der Waals surface area (Å²) in [5.41, 5.74) is 1.47. The number of rotatable bonds is 6. The van der Waals surface area contributed by atoms with Crippen molar-refractivity contribution in [2.24, 2.45) is 0 Å². The summed E-state index contributed by atoms with van der Waals surface area (Å²) in [6.45, 7) is 3.05. The van der Waals surface area contributed by atoms with E-state index in [1.54, 1.807) is 24.3 Å². The minimum atomic E-state index is -3.97. The summed E-state index contributed by atoms with van der Waals surface area (Å²) in [6.07, 6.45) is 0. The summed E-state index contributed by atoms with van der Waals surface area (Å²) >= 11 is 0. The van der Waals surface area contributed by atoms with Crippen LogP contribution in [0.1, 0.15) is 0 Å². The Morgan fingerprint density at radius 3 is 2.16 bits per heavy atom. The first-order valence-electron chi connectivity index (χ1n) is 7.85.